The van der Waals surface area contributed by atoms with Gasteiger partial charge in [-0.25, -0.2) is 4.39 Å². The first kappa shape index (κ1) is 9.63. The van der Waals surface area contributed by atoms with Crippen LogP contribution in [0.1, 0.15) is 0 Å². The van der Waals surface area contributed by atoms with Crippen molar-refractivity contribution in [1.29, 1.82) is 0 Å². The molecule has 0 saturated carbocycles. The molecule has 13 heavy (non-hydrogen) atoms. The number of hydrogen-bond acceptors (Lipinski definition) is 3. The van der Waals surface area contributed by atoms with Crippen LogP contribution in [-0.4, -0.2) is 17.7 Å². The molecule has 3 N–H and O–H groups in total. The van der Waals surface area contributed by atoms with Gasteiger partial charge in [0.05, 0.1) is 0 Å². The molecule has 0 aliphatic heterocycles. The lowest BCUT2D eigenvalue weighted by Crippen LogP contribution is -2.25. The van der Waals surface area contributed by atoms with Gasteiger partial charge in [0.15, 0.2) is 0 Å². The Morgan fingerprint density at radius 2 is 2.31 bits per heavy atom. The monoisotopic (exact) mass is 184 g/mol. The van der Waals surface area contributed by atoms with Crippen molar-refractivity contribution >= 4 is 11.6 Å². The second kappa shape index (κ2) is 4.54. The van der Waals surface area contributed by atoms with Gasteiger partial charge < -0.3 is 10.5 Å². The van der Waals surface area contributed by atoms with Crippen LogP contribution in [0.4, 0.5) is 10.1 Å². The SMILES string of the molecule is O=C(CNO)Nc1cccc(F)c1. The number of nitrogens with one attached hydrogen (secondary N) is 2. The minimum atomic E-state index is -0.437. The Morgan fingerprint density at radius 1 is 1.54 bits per heavy atom. The maximum atomic E-state index is 12.6. The van der Waals surface area contributed by atoms with Crippen LogP contribution < -0.4 is 10.8 Å². The van der Waals surface area contributed by atoms with Gasteiger partial charge in [0, 0.05) is 5.69 Å². The zero-order valence-electron chi connectivity index (χ0n) is 6.75. The van der Waals surface area contributed by atoms with Gasteiger partial charge in [0.2, 0.25) is 5.91 Å². The fraction of sp³-hybridized carbons (Fsp3) is 0.125. The van der Waals surface area contributed by atoms with E-state index in [4.69, 9.17) is 5.21 Å². The predicted octanol–water partition coefficient (Wildman–Crippen LogP) is 0.743. The molecule has 0 aliphatic carbocycles. The van der Waals surface area contributed by atoms with Crippen LogP contribution in [0.15, 0.2) is 24.3 Å². The van der Waals surface area contributed by atoms with Crippen LogP contribution in [-0.2, 0) is 4.79 Å². The van der Waals surface area contributed by atoms with Gasteiger partial charge in [-0.05, 0) is 18.2 Å². The summed E-state index contributed by atoms with van der Waals surface area (Å²) in [6.45, 7) is -0.226. The topological polar surface area (TPSA) is 61.4 Å². The number of hydroxylamine groups is 1. The Morgan fingerprint density at radius 3 is 2.92 bits per heavy atom. The fourth-order valence-electron chi connectivity index (χ4n) is 0.843. The Kier molecular flexibility index (Phi) is 3.36. The van der Waals surface area contributed by atoms with Gasteiger partial charge in [-0.1, -0.05) is 6.07 Å². The lowest BCUT2D eigenvalue weighted by atomic mass is 10.3. The summed E-state index contributed by atoms with van der Waals surface area (Å²) in [7, 11) is 0. The van der Waals surface area contributed by atoms with Gasteiger partial charge >= 0.3 is 0 Å². The summed E-state index contributed by atoms with van der Waals surface area (Å²) in [6, 6.07) is 5.50. The molecular weight excluding hydrogens is 175 g/mol. The molecule has 0 bridgehead atoms. The summed E-state index contributed by atoms with van der Waals surface area (Å²) in [4.78, 5) is 10.9. The first-order valence-electron chi connectivity index (χ1n) is 3.65. The van der Waals surface area contributed by atoms with Crippen molar-refractivity contribution in [2.75, 3.05) is 11.9 Å². The van der Waals surface area contributed by atoms with E-state index in [2.05, 4.69) is 5.32 Å². The summed E-state index contributed by atoms with van der Waals surface area (Å²) in [6.07, 6.45) is 0. The number of benzene rings is 1. The highest BCUT2D eigenvalue weighted by molar-refractivity contribution is 5.92. The smallest absolute Gasteiger partial charge is 0.240 e. The second-order valence-corrected chi connectivity index (χ2v) is 2.39. The molecule has 4 nitrogen and oxygen atoms in total. The number of hydrogen-bond donors (Lipinski definition) is 3. The van der Waals surface area contributed by atoms with Gasteiger partial charge in [0.25, 0.3) is 0 Å². The maximum Gasteiger partial charge on any atom is 0.240 e. The molecule has 0 radical (unpaired) electrons. The number of carbonyl (C=O) groups excluding carboxylic acids is 1. The van der Waals surface area contributed by atoms with Crippen LogP contribution in [0.25, 0.3) is 0 Å². The van der Waals surface area contributed by atoms with Crippen LogP contribution in [0.3, 0.4) is 0 Å². The van der Waals surface area contributed by atoms with Crippen molar-refractivity contribution in [3.8, 4) is 0 Å². The highest BCUT2D eigenvalue weighted by atomic mass is 19.1. The molecule has 5 heteroatoms. The average Bonchev–Trinajstić information content (AvgIpc) is 2.04. The molecule has 0 aromatic heterocycles. The summed E-state index contributed by atoms with van der Waals surface area (Å²) in [5.74, 6) is -0.858. The minimum Gasteiger partial charge on any atom is -0.325 e. The summed E-state index contributed by atoms with van der Waals surface area (Å²) >= 11 is 0. The second-order valence-electron chi connectivity index (χ2n) is 2.39. The van der Waals surface area contributed by atoms with Crippen LogP contribution in [0.5, 0.6) is 0 Å². The van der Waals surface area contributed by atoms with E-state index < -0.39 is 11.7 Å². The van der Waals surface area contributed by atoms with E-state index in [1.807, 2.05) is 0 Å². The molecule has 1 amide bonds. The van der Waals surface area contributed by atoms with Crippen LogP contribution in [0.2, 0.25) is 0 Å². The molecule has 0 aliphatic rings. The van der Waals surface area contributed by atoms with Crippen molar-refractivity contribution in [2.24, 2.45) is 0 Å². The van der Waals surface area contributed by atoms with Gasteiger partial charge in [-0.2, -0.15) is 5.48 Å². The van der Waals surface area contributed by atoms with Crippen LogP contribution in [0, 0.1) is 5.82 Å². The third-order valence-corrected chi connectivity index (χ3v) is 1.35. The molecule has 1 aromatic rings. The van der Waals surface area contributed by atoms with Crippen molar-refractivity contribution in [2.45, 2.75) is 0 Å². The van der Waals surface area contributed by atoms with E-state index in [-0.39, 0.29) is 6.54 Å². The van der Waals surface area contributed by atoms with Crippen molar-refractivity contribution < 1.29 is 14.4 Å². The van der Waals surface area contributed by atoms with Crippen LogP contribution >= 0.6 is 0 Å². The summed E-state index contributed by atoms with van der Waals surface area (Å²) < 4.78 is 12.6. The number of halogens is 1. The number of amides is 1. The standard InChI is InChI=1S/C8H9FN2O2/c9-6-2-1-3-7(4-6)11-8(12)5-10-13/h1-4,10,13H,5H2,(H,11,12). The maximum absolute atomic E-state index is 12.6. The summed E-state index contributed by atoms with van der Waals surface area (Å²) in [5, 5.41) is 10.6. The zero-order chi connectivity index (χ0) is 9.68. The molecule has 1 rings (SSSR count). The first-order chi connectivity index (χ1) is 6.22. The lowest BCUT2D eigenvalue weighted by Gasteiger charge is -2.03. The fourth-order valence-corrected chi connectivity index (χ4v) is 0.843. The highest BCUT2D eigenvalue weighted by Crippen LogP contribution is 2.08. The highest BCUT2D eigenvalue weighted by Gasteiger charge is 2.00. The van der Waals surface area contributed by atoms with Gasteiger partial charge in [0.1, 0.15) is 12.4 Å². The average molecular weight is 184 g/mol. The predicted molar refractivity (Wildman–Crippen MR) is 44.8 cm³/mol. The van der Waals surface area contributed by atoms with E-state index in [0.29, 0.717) is 5.69 Å². The molecule has 0 fully saturated rings. The lowest BCUT2D eigenvalue weighted by molar-refractivity contribution is -0.116. The zero-order valence-corrected chi connectivity index (χ0v) is 6.75. The number of carbonyl (C=O) groups is 1. The molecule has 0 saturated heterocycles. The van der Waals surface area contributed by atoms with E-state index in [9.17, 15) is 9.18 Å². The van der Waals surface area contributed by atoms with E-state index in [0.717, 1.165) is 0 Å². The largest absolute Gasteiger partial charge is 0.325 e. The Bertz CT molecular complexity index is 304. The molecule has 0 spiro atoms. The molecule has 70 valence electrons. The Hall–Kier alpha value is -1.46. The Labute approximate surface area is 74.3 Å². The quantitative estimate of drug-likeness (QED) is 0.607. The summed E-state index contributed by atoms with van der Waals surface area (Å²) in [5.41, 5.74) is 2.06. The van der Waals surface area contributed by atoms with E-state index >= 15 is 0 Å². The van der Waals surface area contributed by atoms with Gasteiger partial charge in [-0.3, -0.25) is 4.79 Å². The first-order valence-corrected chi connectivity index (χ1v) is 3.65. The van der Waals surface area contributed by atoms with Crippen molar-refractivity contribution in [1.82, 2.24) is 5.48 Å². The number of rotatable bonds is 3. The Balaban J connectivity index is 2.58. The molecule has 0 unspecified atom stereocenters. The third-order valence-electron chi connectivity index (χ3n) is 1.35. The third kappa shape index (κ3) is 3.18. The minimum absolute atomic E-state index is 0.226. The molecule has 0 heterocycles. The number of anilines is 1. The molecule has 0 atom stereocenters. The van der Waals surface area contributed by atoms with Crippen molar-refractivity contribution in [3.05, 3.63) is 30.1 Å². The van der Waals surface area contributed by atoms with E-state index in [1.165, 1.54) is 18.2 Å². The molecular formula is C8H9FN2O2. The normalized spacial score (nSPS) is 9.69. The van der Waals surface area contributed by atoms with E-state index in [1.54, 1.807) is 11.5 Å². The van der Waals surface area contributed by atoms with Gasteiger partial charge in [-0.15, -0.1) is 0 Å². The van der Waals surface area contributed by atoms with Crippen molar-refractivity contribution in [3.63, 3.8) is 0 Å². The molecule has 1 aromatic carbocycles.